The van der Waals surface area contributed by atoms with E-state index >= 15 is 0 Å². The van der Waals surface area contributed by atoms with Crippen LogP contribution in [0.25, 0.3) is 50.5 Å². The molecule has 0 radical (unpaired) electrons. The Morgan fingerprint density at radius 3 is 1.69 bits per heavy atom. The third-order valence-corrected chi connectivity index (χ3v) is 8.36. The molecule has 7 rings (SSSR count). The molecule has 0 bridgehead atoms. The topological polar surface area (TPSA) is 139 Å². The van der Waals surface area contributed by atoms with E-state index in [-0.39, 0.29) is 6.04 Å². The van der Waals surface area contributed by atoms with Gasteiger partial charge in [-0.25, -0.2) is 9.97 Å². The number of imidazole rings is 2. The van der Waals surface area contributed by atoms with Crippen LogP contribution in [0, 0.1) is 0 Å². The van der Waals surface area contributed by atoms with Crippen LogP contribution in [-0.2, 0) is 13.2 Å². The Labute approximate surface area is 302 Å². The van der Waals surface area contributed by atoms with Gasteiger partial charge in [-0.05, 0) is 124 Å². The average molecular weight is 691 g/mol. The van der Waals surface area contributed by atoms with Crippen molar-refractivity contribution in [1.29, 1.82) is 0 Å². The van der Waals surface area contributed by atoms with Crippen LogP contribution in [0.1, 0.15) is 50.2 Å². The highest BCUT2D eigenvalue weighted by atomic mass is 16.5. The van der Waals surface area contributed by atoms with Crippen LogP contribution in [0.2, 0.25) is 0 Å². The molecule has 4 aromatic carbocycles. The van der Waals surface area contributed by atoms with Crippen molar-refractivity contribution in [3.05, 3.63) is 132 Å². The van der Waals surface area contributed by atoms with E-state index in [1.165, 1.54) is 0 Å². The van der Waals surface area contributed by atoms with E-state index in [0.717, 1.165) is 84.6 Å². The van der Waals surface area contributed by atoms with E-state index < -0.39 is 0 Å². The number of nitrogens with one attached hydrogen (secondary N) is 3. The molecule has 3 aromatic heterocycles. The summed E-state index contributed by atoms with van der Waals surface area (Å²) in [5, 5.41) is 3.36. The van der Waals surface area contributed by atoms with Gasteiger partial charge in [-0.3, -0.25) is 9.98 Å². The van der Waals surface area contributed by atoms with E-state index in [1.807, 2.05) is 111 Å². The number of fused-ring (bicyclic) bond motifs is 2. The Morgan fingerprint density at radius 1 is 0.692 bits per heavy atom. The van der Waals surface area contributed by atoms with Gasteiger partial charge in [0, 0.05) is 34.5 Å². The third-order valence-electron chi connectivity index (χ3n) is 8.36. The van der Waals surface area contributed by atoms with Gasteiger partial charge in [0.15, 0.2) is 0 Å². The molecule has 5 N–H and O–H groups in total. The summed E-state index contributed by atoms with van der Waals surface area (Å²) in [5.74, 6) is 3.57. The van der Waals surface area contributed by atoms with Crippen molar-refractivity contribution >= 4 is 33.6 Å². The maximum Gasteiger partial charge on any atom is 0.138 e. The highest BCUT2D eigenvalue weighted by Gasteiger charge is 2.11. The normalized spacial score (nSPS) is 11.8. The third kappa shape index (κ3) is 7.97. The first-order chi connectivity index (χ1) is 25.2. The van der Waals surface area contributed by atoms with Crippen LogP contribution >= 0.6 is 0 Å². The maximum absolute atomic E-state index is 6.17. The molecule has 0 fully saturated rings. The van der Waals surface area contributed by atoms with Crippen LogP contribution in [0.5, 0.6) is 11.5 Å². The van der Waals surface area contributed by atoms with Crippen molar-refractivity contribution in [3.63, 3.8) is 0 Å². The fourth-order valence-corrected chi connectivity index (χ4v) is 5.85. The van der Waals surface area contributed by atoms with Crippen molar-refractivity contribution < 1.29 is 9.47 Å². The number of nitrogens with two attached hydrogens (primary N) is 1. The number of pyridine rings is 1. The molecule has 0 amide bonds. The molecule has 0 saturated carbocycles. The first kappa shape index (κ1) is 34.0. The zero-order valence-electron chi connectivity index (χ0n) is 29.8. The van der Waals surface area contributed by atoms with Gasteiger partial charge in [0.25, 0.3) is 0 Å². The van der Waals surface area contributed by atoms with Gasteiger partial charge in [0.2, 0.25) is 0 Å². The van der Waals surface area contributed by atoms with Gasteiger partial charge in [-0.15, -0.1) is 0 Å². The zero-order valence-corrected chi connectivity index (χ0v) is 29.8. The molecule has 7 aromatic rings. The molecule has 0 aliphatic rings. The number of benzene rings is 4. The number of ether oxygens (including phenoxy) is 2. The van der Waals surface area contributed by atoms with Crippen LogP contribution in [-0.4, -0.2) is 42.8 Å². The summed E-state index contributed by atoms with van der Waals surface area (Å²) in [5.41, 5.74) is 16.1. The summed E-state index contributed by atoms with van der Waals surface area (Å²) in [4.78, 5) is 25.6. The van der Waals surface area contributed by atoms with Crippen LogP contribution in [0.15, 0.2) is 115 Å². The highest BCUT2D eigenvalue weighted by Crippen LogP contribution is 2.26. The van der Waals surface area contributed by atoms with Crippen molar-refractivity contribution in [2.45, 2.75) is 53.0 Å². The summed E-state index contributed by atoms with van der Waals surface area (Å²) in [6, 6.07) is 34.0. The van der Waals surface area contributed by atoms with E-state index in [1.54, 1.807) is 0 Å². The number of aromatic nitrogens is 5. The van der Waals surface area contributed by atoms with Crippen LogP contribution in [0.4, 0.5) is 0 Å². The summed E-state index contributed by atoms with van der Waals surface area (Å²) in [7, 11) is 0. The number of aliphatic imine (C=N–C) groups is 1. The zero-order chi connectivity index (χ0) is 36.2. The Balaban J connectivity index is 0.933. The highest BCUT2D eigenvalue weighted by molar-refractivity contribution is 6.00. The van der Waals surface area contributed by atoms with E-state index in [2.05, 4.69) is 46.8 Å². The van der Waals surface area contributed by atoms with E-state index in [0.29, 0.717) is 25.1 Å². The number of hydrogen-bond acceptors (Lipinski definition) is 7. The summed E-state index contributed by atoms with van der Waals surface area (Å²) in [6.07, 6.45) is 0. The second-order valence-electron chi connectivity index (χ2n) is 13.3. The Morgan fingerprint density at radius 2 is 1.19 bits per heavy atom. The first-order valence-corrected chi connectivity index (χ1v) is 17.4. The molecular weight excluding hydrogens is 649 g/mol. The summed E-state index contributed by atoms with van der Waals surface area (Å²) >= 11 is 0. The Hall–Kier alpha value is -6.42. The fraction of sp³-hybridized carbons (Fsp3) is 0.190. The molecular formula is C42H42N8O2. The lowest BCUT2D eigenvalue weighted by Gasteiger charge is -2.12. The molecule has 0 aliphatic carbocycles. The Kier molecular flexibility index (Phi) is 9.70. The van der Waals surface area contributed by atoms with Gasteiger partial charge >= 0.3 is 0 Å². The van der Waals surface area contributed by atoms with Gasteiger partial charge in [0.05, 0.1) is 33.5 Å². The second-order valence-corrected chi connectivity index (χ2v) is 13.3. The van der Waals surface area contributed by atoms with Crippen molar-refractivity contribution in [1.82, 2.24) is 30.2 Å². The molecule has 10 heteroatoms. The van der Waals surface area contributed by atoms with E-state index in [4.69, 9.17) is 30.2 Å². The van der Waals surface area contributed by atoms with Crippen LogP contribution in [0.3, 0.4) is 0 Å². The lowest BCUT2D eigenvalue weighted by Crippen LogP contribution is -2.20. The summed E-state index contributed by atoms with van der Waals surface area (Å²) < 4.78 is 12.1. The molecule has 262 valence electrons. The molecule has 0 unspecified atom stereocenters. The quantitative estimate of drug-likeness (QED) is 0.0704. The molecule has 0 aliphatic heterocycles. The van der Waals surface area contributed by atoms with Gasteiger partial charge in [-0.1, -0.05) is 18.7 Å². The van der Waals surface area contributed by atoms with Gasteiger partial charge in [0.1, 0.15) is 42.2 Å². The average Bonchev–Trinajstić information content (AvgIpc) is 3.77. The van der Waals surface area contributed by atoms with Crippen LogP contribution < -0.4 is 20.5 Å². The van der Waals surface area contributed by atoms with Gasteiger partial charge < -0.3 is 30.5 Å². The standard InChI is InChI=1S/C42H42N8O2/c1-25(2)44-27(5)30-13-19-36-38(21-30)49-41(47-36)28-9-15-34(16-10-28)51-23-32-7-6-8-33(46-32)24-52-35-17-11-29(12-18-35)42-48-37-20-14-31(22-39(37)50-42)40(43)45-26(3)4/h6-22,25-26,44H,5,23-24H2,1-4H3,(H2,43,45)(H,47,49)(H,48,50). The SMILES string of the molecule is C=C(NC(C)C)c1ccc2nc(-c3ccc(OCc4cccc(COc5ccc(-c6nc7ccc(C(N)=NC(C)C)cc7[nH]6)cc5)n4)cc3)[nH]c2c1. The number of hydrogen-bond donors (Lipinski definition) is 4. The molecule has 0 spiro atoms. The first-order valence-electron chi connectivity index (χ1n) is 17.4. The maximum atomic E-state index is 6.17. The smallest absolute Gasteiger partial charge is 0.138 e. The number of amidine groups is 1. The minimum atomic E-state index is 0.127. The van der Waals surface area contributed by atoms with Crippen molar-refractivity contribution in [2.24, 2.45) is 10.7 Å². The number of H-pyrrole nitrogens is 2. The predicted octanol–water partition coefficient (Wildman–Crippen LogP) is 8.41. The molecule has 0 atom stereocenters. The predicted molar refractivity (Wildman–Crippen MR) is 209 cm³/mol. The molecule has 3 heterocycles. The molecule has 0 saturated heterocycles. The fourth-order valence-electron chi connectivity index (χ4n) is 5.85. The summed E-state index contributed by atoms with van der Waals surface area (Å²) in [6.45, 7) is 13.0. The molecule has 52 heavy (non-hydrogen) atoms. The monoisotopic (exact) mass is 690 g/mol. The Bertz CT molecular complexity index is 2370. The molecule has 10 nitrogen and oxygen atoms in total. The second kappa shape index (κ2) is 14.8. The minimum Gasteiger partial charge on any atom is -0.487 e. The number of rotatable bonds is 13. The van der Waals surface area contributed by atoms with E-state index in [9.17, 15) is 0 Å². The lowest BCUT2D eigenvalue weighted by atomic mass is 10.1. The van der Waals surface area contributed by atoms with Gasteiger partial charge in [-0.2, -0.15) is 0 Å². The number of nitrogens with zero attached hydrogens (tertiary/aromatic N) is 4. The van der Waals surface area contributed by atoms with Crippen molar-refractivity contribution in [3.8, 4) is 34.3 Å². The minimum absolute atomic E-state index is 0.127. The largest absolute Gasteiger partial charge is 0.487 e. The number of aromatic amines is 2. The lowest BCUT2D eigenvalue weighted by molar-refractivity contribution is 0.290. The van der Waals surface area contributed by atoms with Crippen molar-refractivity contribution in [2.75, 3.05) is 0 Å².